The number of nitrogens with two attached hydrogens (primary N) is 1. The number of hydrogen-bond donors (Lipinski definition) is 1. The number of fused-ring (bicyclic) bond motifs is 3. The Morgan fingerprint density at radius 1 is 1.12 bits per heavy atom. The Labute approximate surface area is 104 Å². The molecule has 2 N–H and O–H groups in total. The second kappa shape index (κ2) is 4.45. The number of rotatable bonds is 2. The summed E-state index contributed by atoms with van der Waals surface area (Å²) in [5.41, 5.74) is 9.55. The van der Waals surface area contributed by atoms with Crippen LogP contribution in [0.4, 0.5) is 0 Å². The van der Waals surface area contributed by atoms with E-state index in [1.807, 2.05) is 0 Å². The van der Waals surface area contributed by atoms with E-state index >= 15 is 0 Å². The van der Waals surface area contributed by atoms with Crippen LogP contribution in [0.3, 0.4) is 0 Å². The van der Waals surface area contributed by atoms with Crippen LogP contribution in [-0.2, 0) is 12.8 Å². The topological polar surface area (TPSA) is 26.0 Å². The van der Waals surface area contributed by atoms with E-state index in [4.69, 9.17) is 5.73 Å². The Bertz CT molecular complexity index is 365. The van der Waals surface area contributed by atoms with E-state index in [0.717, 1.165) is 24.2 Å². The fraction of sp³-hybridized carbons (Fsp3) is 0.625. The zero-order chi connectivity index (χ0) is 11.8. The van der Waals surface area contributed by atoms with Crippen LogP contribution in [0.15, 0.2) is 24.3 Å². The van der Waals surface area contributed by atoms with E-state index in [2.05, 4.69) is 31.2 Å². The fourth-order valence-electron chi connectivity index (χ4n) is 4.17. The molecule has 0 saturated heterocycles. The molecule has 17 heavy (non-hydrogen) atoms. The lowest BCUT2D eigenvalue weighted by molar-refractivity contribution is 0.259. The maximum atomic E-state index is 6.37. The molecule has 2 bridgehead atoms. The monoisotopic (exact) mass is 229 g/mol. The smallest absolute Gasteiger partial charge is 0.00700 e. The first-order valence-electron chi connectivity index (χ1n) is 7.12. The molecule has 0 radical (unpaired) electrons. The van der Waals surface area contributed by atoms with Gasteiger partial charge in [0.25, 0.3) is 0 Å². The molecule has 1 aromatic carbocycles. The summed E-state index contributed by atoms with van der Waals surface area (Å²) in [6.45, 7) is 2.24. The van der Waals surface area contributed by atoms with Crippen molar-refractivity contribution in [3.8, 4) is 0 Å². The molecule has 1 nitrogen and oxygen atoms in total. The molecule has 0 aliphatic heterocycles. The maximum Gasteiger partial charge on any atom is 0.00700 e. The van der Waals surface area contributed by atoms with Crippen molar-refractivity contribution in [3.63, 3.8) is 0 Å². The van der Waals surface area contributed by atoms with Crippen molar-refractivity contribution in [1.82, 2.24) is 0 Å². The Kier molecular flexibility index (Phi) is 2.96. The Balaban J connectivity index is 1.92. The third-order valence-corrected chi connectivity index (χ3v) is 5.05. The van der Waals surface area contributed by atoms with Gasteiger partial charge in [-0.15, -0.1) is 0 Å². The van der Waals surface area contributed by atoms with Crippen molar-refractivity contribution >= 4 is 0 Å². The van der Waals surface area contributed by atoms with Crippen LogP contribution in [0.1, 0.15) is 37.3 Å². The van der Waals surface area contributed by atoms with Gasteiger partial charge in [0.15, 0.2) is 0 Å². The standard InChI is InChI=1S/C16H23N/c1-2-15(17)16-13-7-8-14(16)10-12-6-4-3-5-11(12)9-13/h3-6,13-16H,2,7-10,17H2,1H3. The predicted molar refractivity (Wildman–Crippen MR) is 71.8 cm³/mol. The van der Waals surface area contributed by atoms with E-state index in [1.54, 1.807) is 11.1 Å². The Morgan fingerprint density at radius 3 is 2.12 bits per heavy atom. The lowest BCUT2D eigenvalue weighted by Gasteiger charge is -2.27. The first-order chi connectivity index (χ1) is 8.29. The highest BCUT2D eigenvalue weighted by atomic mass is 14.7. The fourth-order valence-corrected chi connectivity index (χ4v) is 4.17. The van der Waals surface area contributed by atoms with Gasteiger partial charge >= 0.3 is 0 Å². The van der Waals surface area contributed by atoms with Crippen molar-refractivity contribution in [2.45, 2.75) is 45.1 Å². The summed E-state index contributed by atoms with van der Waals surface area (Å²) in [4.78, 5) is 0. The summed E-state index contributed by atoms with van der Waals surface area (Å²) in [6.07, 6.45) is 6.47. The van der Waals surface area contributed by atoms with Crippen molar-refractivity contribution < 1.29 is 0 Å². The normalized spacial score (nSPS) is 32.9. The van der Waals surface area contributed by atoms with E-state index < -0.39 is 0 Å². The van der Waals surface area contributed by atoms with Crippen molar-refractivity contribution in [3.05, 3.63) is 35.4 Å². The number of hydrogen-bond acceptors (Lipinski definition) is 1. The molecule has 3 rings (SSSR count). The third-order valence-electron chi connectivity index (χ3n) is 5.05. The van der Waals surface area contributed by atoms with Gasteiger partial charge in [-0.05, 0) is 61.0 Å². The molecular weight excluding hydrogens is 206 g/mol. The van der Waals surface area contributed by atoms with Gasteiger partial charge < -0.3 is 5.73 Å². The molecule has 1 aromatic rings. The first-order valence-corrected chi connectivity index (χ1v) is 7.12. The third kappa shape index (κ3) is 1.91. The molecule has 3 unspecified atom stereocenters. The van der Waals surface area contributed by atoms with Gasteiger partial charge in [-0.25, -0.2) is 0 Å². The minimum Gasteiger partial charge on any atom is -0.327 e. The van der Waals surface area contributed by atoms with Crippen LogP contribution in [0.2, 0.25) is 0 Å². The van der Waals surface area contributed by atoms with Crippen molar-refractivity contribution in [1.29, 1.82) is 0 Å². The van der Waals surface area contributed by atoms with Gasteiger partial charge in [-0.1, -0.05) is 31.2 Å². The summed E-state index contributed by atoms with van der Waals surface area (Å²) < 4.78 is 0. The van der Waals surface area contributed by atoms with Crippen LogP contribution < -0.4 is 5.73 Å². The molecule has 0 heterocycles. The van der Waals surface area contributed by atoms with E-state index in [1.165, 1.54) is 25.7 Å². The molecule has 3 atom stereocenters. The molecular formula is C16H23N. The van der Waals surface area contributed by atoms with Crippen LogP contribution in [-0.4, -0.2) is 6.04 Å². The molecule has 92 valence electrons. The average Bonchev–Trinajstić information content (AvgIpc) is 2.64. The van der Waals surface area contributed by atoms with Crippen LogP contribution in [0, 0.1) is 17.8 Å². The van der Waals surface area contributed by atoms with E-state index in [-0.39, 0.29) is 0 Å². The summed E-state index contributed by atoms with van der Waals surface area (Å²) in [5, 5.41) is 0. The van der Waals surface area contributed by atoms with Crippen molar-refractivity contribution in [2.75, 3.05) is 0 Å². The zero-order valence-corrected chi connectivity index (χ0v) is 10.7. The molecule has 0 spiro atoms. The summed E-state index contributed by atoms with van der Waals surface area (Å²) in [5.74, 6) is 2.46. The predicted octanol–water partition coefficient (Wildman–Crippen LogP) is 3.16. The molecule has 1 saturated carbocycles. The van der Waals surface area contributed by atoms with Gasteiger partial charge in [-0.3, -0.25) is 0 Å². The second-order valence-corrected chi connectivity index (χ2v) is 5.92. The Hall–Kier alpha value is -0.820. The lowest BCUT2D eigenvalue weighted by atomic mass is 9.81. The summed E-state index contributed by atoms with van der Waals surface area (Å²) in [6, 6.07) is 9.44. The quantitative estimate of drug-likeness (QED) is 0.828. The minimum absolute atomic E-state index is 0.418. The SMILES string of the molecule is CCC(N)C1C2CCC1Cc1ccccc1C2. The minimum atomic E-state index is 0.418. The molecule has 0 amide bonds. The molecule has 1 fully saturated rings. The second-order valence-electron chi connectivity index (χ2n) is 5.92. The van der Waals surface area contributed by atoms with Gasteiger partial charge in [-0.2, -0.15) is 0 Å². The van der Waals surface area contributed by atoms with E-state index in [9.17, 15) is 0 Å². The van der Waals surface area contributed by atoms with Crippen molar-refractivity contribution in [2.24, 2.45) is 23.5 Å². The van der Waals surface area contributed by atoms with E-state index in [0.29, 0.717) is 6.04 Å². The van der Waals surface area contributed by atoms with Gasteiger partial charge in [0.05, 0.1) is 0 Å². The zero-order valence-electron chi connectivity index (χ0n) is 10.7. The van der Waals surface area contributed by atoms with Gasteiger partial charge in [0.1, 0.15) is 0 Å². The van der Waals surface area contributed by atoms with Gasteiger partial charge in [0, 0.05) is 6.04 Å². The summed E-state index contributed by atoms with van der Waals surface area (Å²) in [7, 11) is 0. The maximum absolute atomic E-state index is 6.37. The van der Waals surface area contributed by atoms with Crippen LogP contribution in [0.25, 0.3) is 0 Å². The molecule has 0 aromatic heterocycles. The molecule has 1 heteroatoms. The highest BCUT2D eigenvalue weighted by Crippen LogP contribution is 2.45. The Morgan fingerprint density at radius 2 is 1.65 bits per heavy atom. The average molecular weight is 229 g/mol. The lowest BCUT2D eigenvalue weighted by Crippen LogP contribution is -2.36. The molecule has 2 aliphatic rings. The van der Waals surface area contributed by atoms with Gasteiger partial charge in [0.2, 0.25) is 0 Å². The summed E-state index contributed by atoms with van der Waals surface area (Å²) >= 11 is 0. The van der Waals surface area contributed by atoms with Crippen LogP contribution >= 0.6 is 0 Å². The number of benzene rings is 1. The highest BCUT2D eigenvalue weighted by Gasteiger charge is 2.41. The highest BCUT2D eigenvalue weighted by molar-refractivity contribution is 5.30. The first kappa shape index (κ1) is 11.3. The van der Waals surface area contributed by atoms with Crippen LogP contribution in [0.5, 0.6) is 0 Å². The molecule has 2 aliphatic carbocycles. The largest absolute Gasteiger partial charge is 0.327 e.